The number of imidazole rings is 1. The predicted molar refractivity (Wildman–Crippen MR) is 79.2 cm³/mol. The molecule has 0 aliphatic rings. The van der Waals surface area contributed by atoms with Crippen molar-refractivity contribution in [3.8, 4) is 0 Å². The van der Waals surface area contributed by atoms with Gasteiger partial charge < -0.3 is 15.4 Å². The Morgan fingerprint density at radius 1 is 1.28 bits per heavy atom. The number of halogens is 4. The van der Waals surface area contributed by atoms with Crippen molar-refractivity contribution < 1.29 is 27.5 Å². The van der Waals surface area contributed by atoms with Crippen LogP contribution in [0.4, 0.5) is 23.2 Å². The Labute approximate surface area is 137 Å². The number of aliphatic hydroxyl groups excluding tert-OH is 1. The lowest BCUT2D eigenvalue weighted by Crippen LogP contribution is -2.14. The fraction of sp³-hybridized carbons (Fsp3) is 0.133. The van der Waals surface area contributed by atoms with Crippen LogP contribution >= 0.6 is 0 Å². The Bertz CT molecular complexity index is 952. The number of hydrogen-bond acceptors (Lipinski definition) is 4. The van der Waals surface area contributed by atoms with Gasteiger partial charge in [-0.15, -0.1) is 0 Å². The number of carbonyl (C=O) groups excluding carboxylic acids is 1. The zero-order valence-electron chi connectivity index (χ0n) is 12.4. The molecule has 6 nitrogen and oxygen atoms in total. The van der Waals surface area contributed by atoms with E-state index >= 15 is 0 Å². The Kier molecular flexibility index (Phi) is 4.13. The molecule has 10 heteroatoms. The number of fused-ring (bicyclic) bond motifs is 1. The number of rotatable bonds is 3. The van der Waals surface area contributed by atoms with Gasteiger partial charge in [0.1, 0.15) is 18.2 Å². The number of aromatic amines is 1. The van der Waals surface area contributed by atoms with Gasteiger partial charge in [-0.2, -0.15) is 13.2 Å². The number of benzene rings is 1. The van der Waals surface area contributed by atoms with Crippen LogP contribution in [-0.2, 0) is 12.8 Å². The van der Waals surface area contributed by atoms with Gasteiger partial charge in [0, 0.05) is 11.9 Å². The first kappa shape index (κ1) is 16.8. The second kappa shape index (κ2) is 6.13. The maximum Gasteiger partial charge on any atom is 0.419 e. The highest BCUT2D eigenvalue weighted by Gasteiger charge is 2.34. The first-order chi connectivity index (χ1) is 11.8. The molecule has 1 aromatic carbocycles. The lowest BCUT2D eigenvalue weighted by Gasteiger charge is -2.11. The topological polar surface area (TPSA) is 90.9 Å². The first-order valence-electron chi connectivity index (χ1n) is 6.92. The molecule has 130 valence electrons. The van der Waals surface area contributed by atoms with Crippen molar-refractivity contribution in [2.45, 2.75) is 12.8 Å². The van der Waals surface area contributed by atoms with E-state index in [4.69, 9.17) is 5.11 Å². The third kappa shape index (κ3) is 3.29. The average Bonchev–Trinajstić information content (AvgIpc) is 2.98. The largest absolute Gasteiger partial charge is 0.419 e. The molecule has 2 heterocycles. The Balaban J connectivity index is 1.94. The van der Waals surface area contributed by atoms with Crippen molar-refractivity contribution in [2.24, 2.45) is 0 Å². The zero-order chi connectivity index (χ0) is 18.2. The molecule has 0 saturated carbocycles. The Morgan fingerprint density at radius 3 is 2.72 bits per heavy atom. The summed E-state index contributed by atoms with van der Waals surface area (Å²) in [6.45, 7) is -0.398. The van der Waals surface area contributed by atoms with Crippen LogP contribution in [0, 0.1) is 5.82 Å². The van der Waals surface area contributed by atoms with Crippen molar-refractivity contribution in [2.75, 3.05) is 5.32 Å². The maximum atomic E-state index is 13.3. The fourth-order valence-electron chi connectivity index (χ4n) is 2.24. The number of carbonyl (C=O) groups is 1. The smallest absolute Gasteiger partial charge is 0.388 e. The molecule has 0 unspecified atom stereocenters. The summed E-state index contributed by atoms with van der Waals surface area (Å²) < 4.78 is 51.5. The number of aliphatic hydroxyl groups is 1. The number of H-pyrrole nitrogens is 1. The number of anilines is 1. The first-order valence-corrected chi connectivity index (χ1v) is 6.92. The van der Waals surface area contributed by atoms with E-state index in [9.17, 15) is 22.4 Å². The average molecular weight is 354 g/mol. The molecule has 2 aromatic heterocycles. The molecule has 0 aliphatic carbocycles. The summed E-state index contributed by atoms with van der Waals surface area (Å²) in [5, 5.41) is 11.3. The Morgan fingerprint density at radius 2 is 2.04 bits per heavy atom. The summed E-state index contributed by atoms with van der Waals surface area (Å²) in [5.74, 6) is -1.98. The molecule has 1 amide bonds. The minimum Gasteiger partial charge on any atom is -0.388 e. The van der Waals surface area contributed by atoms with Crippen molar-refractivity contribution in [3.05, 3.63) is 53.2 Å². The number of alkyl halides is 3. The molecule has 0 saturated heterocycles. The van der Waals surface area contributed by atoms with Gasteiger partial charge in [-0.1, -0.05) is 0 Å². The van der Waals surface area contributed by atoms with Crippen LogP contribution < -0.4 is 5.32 Å². The SMILES string of the molecule is O=C(Nc1ccc(F)c(C(F)(F)F)c1)c1ccnc2nc(CO)[nH]c12. The molecule has 0 spiro atoms. The van der Waals surface area contributed by atoms with E-state index in [0.29, 0.717) is 12.1 Å². The normalized spacial score (nSPS) is 11.7. The number of amides is 1. The highest BCUT2D eigenvalue weighted by molar-refractivity contribution is 6.10. The van der Waals surface area contributed by atoms with E-state index in [2.05, 4.69) is 20.3 Å². The summed E-state index contributed by atoms with van der Waals surface area (Å²) in [5.41, 5.74) is -1.23. The molecule has 0 fully saturated rings. The summed E-state index contributed by atoms with van der Waals surface area (Å²) in [6.07, 6.45) is -3.58. The van der Waals surface area contributed by atoms with Crippen LogP contribution in [0.25, 0.3) is 11.2 Å². The van der Waals surface area contributed by atoms with Gasteiger partial charge in [-0.25, -0.2) is 14.4 Å². The number of nitrogens with one attached hydrogen (secondary N) is 2. The summed E-state index contributed by atoms with van der Waals surface area (Å²) >= 11 is 0. The van der Waals surface area contributed by atoms with Crippen LogP contribution in [0.1, 0.15) is 21.7 Å². The van der Waals surface area contributed by atoms with Gasteiger partial charge in [0.05, 0.1) is 16.6 Å². The van der Waals surface area contributed by atoms with Crippen molar-refractivity contribution in [1.82, 2.24) is 15.0 Å². The van der Waals surface area contributed by atoms with E-state index in [1.54, 1.807) is 0 Å². The monoisotopic (exact) mass is 354 g/mol. The van der Waals surface area contributed by atoms with E-state index in [0.717, 1.165) is 6.07 Å². The number of nitrogens with zero attached hydrogens (tertiary/aromatic N) is 2. The summed E-state index contributed by atoms with van der Waals surface area (Å²) in [7, 11) is 0. The van der Waals surface area contributed by atoms with Crippen LogP contribution in [0.15, 0.2) is 30.5 Å². The van der Waals surface area contributed by atoms with Crippen molar-refractivity contribution >= 4 is 22.8 Å². The zero-order valence-corrected chi connectivity index (χ0v) is 12.4. The van der Waals surface area contributed by atoms with Gasteiger partial charge in [-0.3, -0.25) is 4.79 Å². The highest BCUT2D eigenvalue weighted by atomic mass is 19.4. The number of aromatic nitrogens is 3. The van der Waals surface area contributed by atoms with Crippen LogP contribution in [-0.4, -0.2) is 26.0 Å². The third-order valence-corrected chi connectivity index (χ3v) is 3.37. The van der Waals surface area contributed by atoms with Crippen LogP contribution in [0.3, 0.4) is 0 Å². The van der Waals surface area contributed by atoms with Gasteiger partial charge in [0.2, 0.25) is 0 Å². The molecule has 3 rings (SSSR count). The molecule has 0 atom stereocenters. The lowest BCUT2D eigenvalue weighted by molar-refractivity contribution is -0.139. The standard InChI is InChI=1S/C15H10F4N4O2/c16-10-2-1-7(5-9(10)15(17,18)19)21-14(25)8-3-4-20-13-12(8)22-11(6-24)23-13/h1-5,24H,6H2,(H,21,25)(H,20,22,23). The molecular weight excluding hydrogens is 344 g/mol. The van der Waals surface area contributed by atoms with Crippen LogP contribution in [0.2, 0.25) is 0 Å². The van der Waals surface area contributed by atoms with Crippen LogP contribution in [0.5, 0.6) is 0 Å². The summed E-state index contributed by atoms with van der Waals surface area (Å²) in [4.78, 5) is 22.9. The second-order valence-electron chi connectivity index (χ2n) is 5.05. The quantitative estimate of drug-likeness (QED) is 0.631. The summed E-state index contributed by atoms with van der Waals surface area (Å²) in [6, 6.07) is 3.50. The lowest BCUT2D eigenvalue weighted by atomic mass is 10.1. The molecule has 0 bridgehead atoms. The van der Waals surface area contributed by atoms with Crippen molar-refractivity contribution in [1.29, 1.82) is 0 Å². The van der Waals surface area contributed by atoms with Gasteiger partial charge in [-0.05, 0) is 24.3 Å². The van der Waals surface area contributed by atoms with E-state index < -0.39 is 30.1 Å². The highest BCUT2D eigenvalue weighted by Crippen LogP contribution is 2.33. The fourth-order valence-corrected chi connectivity index (χ4v) is 2.24. The minimum atomic E-state index is -4.88. The molecule has 0 aliphatic heterocycles. The van der Waals surface area contributed by atoms with Crippen molar-refractivity contribution in [3.63, 3.8) is 0 Å². The van der Waals surface area contributed by atoms with Gasteiger partial charge in [0.25, 0.3) is 5.91 Å². The van der Waals surface area contributed by atoms with E-state index in [1.807, 2.05) is 0 Å². The molecule has 25 heavy (non-hydrogen) atoms. The number of pyridine rings is 1. The minimum absolute atomic E-state index is 0.0649. The third-order valence-electron chi connectivity index (χ3n) is 3.37. The van der Waals surface area contributed by atoms with Gasteiger partial charge >= 0.3 is 6.18 Å². The Hall–Kier alpha value is -3.01. The maximum absolute atomic E-state index is 13.3. The molecule has 0 radical (unpaired) electrons. The molecule has 3 N–H and O–H groups in total. The molecule has 3 aromatic rings. The second-order valence-corrected chi connectivity index (χ2v) is 5.05. The molecular formula is C15H10F4N4O2. The van der Waals surface area contributed by atoms with E-state index in [-0.39, 0.29) is 28.2 Å². The van der Waals surface area contributed by atoms with Gasteiger partial charge in [0.15, 0.2) is 5.65 Å². The predicted octanol–water partition coefficient (Wildman–Crippen LogP) is 2.86. The van der Waals surface area contributed by atoms with E-state index in [1.165, 1.54) is 12.3 Å². The number of hydrogen-bond donors (Lipinski definition) is 3.